The van der Waals surface area contributed by atoms with Gasteiger partial charge in [0.05, 0.1) is 30.7 Å². The van der Waals surface area contributed by atoms with Gasteiger partial charge in [0.1, 0.15) is 5.75 Å². The summed E-state index contributed by atoms with van der Waals surface area (Å²) in [5.41, 5.74) is 0.348. The number of sulfone groups is 1. The molecule has 0 aromatic heterocycles. The molecule has 1 unspecified atom stereocenters. The molecule has 1 saturated heterocycles. The van der Waals surface area contributed by atoms with Crippen LogP contribution in [0.15, 0.2) is 24.3 Å². The van der Waals surface area contributed by atoms with Gasteiger partial charge in [-0.15, -0.1) is 0 Å². The van der Waals surface area contributed by atoms with E-state index >= 15 is 0 Å². The van der Waals surface area contributed by atoms with Gasteiger partial charge in [0, 0.05) is 12.1 Å². The SMILES string of the molecule is COc1ccccc1CN(C)CC(=O)NC1(C)CCS(=O)(=O)C1. The first-order chi connectivity index (χ1) is 10.7. The minimum atomic E-state index is -3.03. The summed E-state index contributed by atoms with van der Waals surface area (Å²) in [6.45, 7) is 2.57. The monoisotopic (exact) mass is 340 g/mol. The summed E-state index contributed by atoms with van der Waals surface area (Å²) < 4.78 is 28.5. The standard InChI is InChI=1S/C16H24N2O4S/c1-16(8-9-23(20,21)12-16)17-15(19)11-18(2)10-13-6-4-5-7-14(13)22-3/h4-7H,8-12H2,1-3H3,(H,17,19). The highest BCUT2D eigenvalue weighted by atomic mass is 32.2. The van der Waals surface area contributed by atoms with E-state index in [2.05, 4.69) is 5.32 Å². The zero-order chi connectivity index (χ0) is 17.1. The summed E-state index contributed by atoms with van der Waals surface area (Å²) in [5.74, 6) is 0.776. The molecular weight excluding hydrogens is 316 g/mol. The Hall–Kier alpha value is -1.60. The van der Waals surface area contributed by atoms with Gasteiger partial charge >= 0.3 is 0 Å². The predicted molar refractivity (Wildman–Crippen MR) is 89.1 cm³/mol. The fourth-order valence-electron chi connectivity index (χ4n) is 2.91. The first-order valence-corrected chi connectivity index (χ1v) is 9.37. The van der Waals surface area contributed by atoms with Crippen molar-refractivity contribution < 1.29 is 17.9 Å². The lowest BCUT2D eigenvalue weighted by Gasteiger charge is -2.26. The second-order valence-corrected chi connectivity index (χ2v) is 8.62. The van der Waals surface area contributed by atoms with Gasteiger partial charge in [0.15, 0.2) is 9.84 Å². The van der Waals surface area contributed by atoms with Crippen molar-refractivity contribution >= 4 is 15.7 Å². The van der Waals surface area contributed by atoms with Crippen LogP contribution >= 0.6 is 0 Å². The third-order valence-corrected chi connectivity index (χ3v) is 5.89. The molecule has 0 aliphatic carbocycles. The number of benzene rings is 1. The molecule has 1 N–H and O–H groups in total. The Morgan fingerprint density at radius 2 is 2.09 bits per heavy atom. The van der Waals surface area contributed by atoms with Gasteiger partial charge in [-0.05, 0) is 26.5 Å². The van der Waals surface area contributed by atoms with Crippen LogP contribution in [0.3, 0.4) is 0 Å². The van der Waals surface area contributed by atoms with Gasteiger partial charge < -0.3 is 10.1 Å². The smallest absolute Gasteiger partial charge is 0.234 e. The van der Waals surface area contributed by atoms with Crippen molar-refractivity contribution in [1.82, 2.24) is 10.2 Å². The fraction of sp³-hybridized carbons (Fsp3) is 0.562. The lowest BCUT2D eigenvalue weighted by Crippen LogP contribution is -2.49. The quantitative estimate of drug-likeness (QED) is 0.830. The second-order valence-electron chi connectivity index (χ2n) is 6.44. The number of para-hydroxylation sites is 1. The minimum absolute atomic E-state index is 0.0158. The molecule has 1 aliphatic heterocycles. The summed E-state index contributed by atoms with van der Waals surface area (Å²) >= 11 is 0. The highest BCUT2D eigenvalue weighted by Crippen LogP contribution is 2.23. The summed E-state index contributed by atoms with van der Waals surface area (Å²) in [6, 6.07) is 7.67. The molecule has 2 rings (SSSR count). The first-order valence-electron chi connectivity index (χ1n) is 7.55. The molecule has 1 aromatic rings. The van der Waals surface area contributed by atoms with Crippen LogP contribution in [0.2, 0.25) is 0 Å². The van der Waals surface area contributed by atoms with Crippen LogP contribution in [0.1, 0.15) is 18.9 Å². The summed E-state index contributed by atoms with van der Waals surface area (Å²) in [6.07, 6.45) is 0.470. The summed E-state index contributed by atoms with van der Waals surface area (Å²) in [7, 11) is 0.435. The number of carbonyl (C=O) groups is 1. The molecule has 0 saturated carbocycles. The number of amides is 1. The van der Waals surface area contributed by atoms with Crippen molar-refractivity contribution in [3.8, 4) is 5.75 Å². The number of hydrogen-bond acceptors (Lipinski definition) is 5. The van der Waals surface area contributed by atoms with Crippen molar-refractivity contribution in [2.45, 2.75) is 25.4 Å². The molecule has 128 valence electrons. The molecule has 0 bridgehead atoms. The second kappa shape index (κ2) is 6.88. The van der Waals surface area contributed by atoms with Gasteiger partial charge in [-0.3, -0.25) is 9.69 Å². The Kier molecular flexibility index (Phi) is 5.31. The minimum Gasteiger partial charge on any atom is -0.496 e. The molecular formula is C16H24N2O4S. The van der Waals surface area contributed by atoms with Gasteiger partial charge in [-0.25, -0.2) is 8.42 Å². The van der Waals surface area contributed by atoms with Crippen LogP contribution in [0, 0.1) is 0 Å². The van der Waals surface area contributed by atoms with E-state index in [0.717, 1.165) is 11.3 Å². The molecule has 1 atom stereocenters. The number of nitrogens with one attached hydrogen (secondary N) is 1. The van der Waals surface area contributed by atoms with Gasteiger partial charge in [0.2, 0.25) is 5.91 Å². The zero-order valence-corrected chi connectivity index (χ0v) is 14.6. The molecule has 6 nitrogen and oxygen atoms in total. The lowest BCUT2D eigenvalue weighted by atomic mass is 10.0. The van der Waals surface area contributed by atoms with E-state index in [9.17, 15) is 13.2 Å². The molecule has 1 amide bonds. The summed E-state index contributed by atoms with van der Waals surface area (Å²) in [4.78, 5) is 14.1. The maximum atomic E-state index is 12.2. The van der Waals surface area contributed by atoms with Crippen LogP contribution in [-0.4, -0.2) is 57.0 Å². The Balaban J connectivity index is 1.90. The topological polar surface area (TPSA) is 75.7 Å². The normalized spacial score (nSPS) is 23.0. The van der Waals surface area contributed by atoms with Crippen molar-refractivity contribution in [3.05, 3.63) is 29.8 Å². The van der Waals surface area contributed by atoms with Crippen LogP contribution in [0.25, 0.3) is 0 Å². The molecule has 23 heavy (non-hydrogen) atoms. The molecule has 0 spiro atoms. The van der Waals surface area contributed by atoms with Crippen LogP contribution in [0.5, 0.6) is 5.75 Å². The molecule has 1 aliphatic rings. The van der Waals surface area contributed by atoms with E-state index in [1.54, 1.807) is 14.0 Å². The van der Waals surface area contributed by atoms with E-state index < -0.39 is 15.4 Å². The molecule has 7 heteroatoms. The van der Waals surface area contributed by atoms with E-state index in [0.29, 0.717) is 13.0 Å². The lowest BCUT2D eigenvalue weighted by molar-refractivity contribution is -0.123. The van der Waals surface area contributed by atoms with Crippen LogP contribution < -0.4 is 10.1 Å². The van der Waals surface area contributed by atoms with Crippen molar-refractivity contribution in [2.24, 2.45) is 0 Å². The molecule has 1 heterocycles. The third kappa shape index (κ3) is 4.94. The Labute approximate surface area is 137 Å². The number of carbonyl (C=O) groups excluding carboxylic acids is 1. The zero-order valence-electron chi connectivity index (χ0n) is 13.8. The number of nitrogens with zero attached hydrogens (tertiary/aromatic N) is 1. The highest BCUT2D eigenvalue weighted by molar-refractivity contribution is 7.91. The number of ether oxygens (including phenoxy) is 1. The number of hydrogen-bond donors (Lipinski definition) is 1. The van der Waals surface area contributed by atoms with Gasteiger partial charge in [0.25, 0.3) is 0 Å². The summed E-state index contributed by atoms with van der Waals surface area (Å²) in [5, 5.41) is 2.87. The number of likely N-dealkylation sites (N-methyl/N-ethyl adjacent to an activating group) is 1. The van der Waals surface area contributed by atoms with Gasteiger partial charge in [-0.2, -0.15) is 0 Å². The van der Waals surface area contributed by atoms with Crippen molar-refractivity contribution in [1.29, 1.82) is 0 Å². The largest absolute Gasteiger partial charge is 0.496 e. The van der Waals surface area contributed by atoms with Crippen molar-refractivity contribution in [3.63, 3.8) is 0 Å². The first kappa shape index (κ1) is 17.7. The van der Waals surface area contributed by atoms with E-state index in [-0.39, 0.29) is 24.0 Å². The Morgan fingerprint density at radius 1 is 1.39 bits per heavy atom. The third-order valence-electron chi connectivity index (χ3n) is 3.99. The number of rotatable bonds is 6. The van der Waals surface area contributed by atoms with Crippen molar-refractivity contribution in [2.75, 3.05) is 32.2 Å². The highest BCUT2D eigenvalue weighted by Gasteiger charge is 2.39. The molecule has 0 radical (unpaired) electrons. The van der Waals surface area contributed by atoms with Crippen LogP contribution in [0.4, 0.5) is 0 Å². The van der Waals surface area contributed by atoms with E-state index in [1.165, 1.54) is 0 Å². The van der Waals surface area contributed by atoms with E-state index in [1.807, 2.05) is 36.2 Å². The predicted octanol–water partition coefficient (Wildman–Crippen LogP) is 0.820. The number of methoxy groups -OCH3 is 1. The maximum absolute atomic E-state index is 12.2. The fourth-order valence-corrected chi connectivity index (χ4v) is 5.00. The Bertz CT molecular complexity index is 674. The molecule has 1 fully saturated rings. The average molecular weight is 340 g/mol. The van der Waals surface area contributed by atoms with Gasteiger partial charge in [-0.1, -0.05) is 18.2 Å². The van der Waals surface area contributed by atoms with E-state index in [4.69, 9.17) is 4.74 Å². The maximum Gasteiger partial charge on any atom is 0.234 e. The molecule has 1 aromatic carbocycles. The average Bonchev–Trinajstić information content (AvgIpc) is 2.72. The Morgan fingerprint density at radius 3 is 2.70 bits per heavy atom. The van der Waals surface area contributed by atoms with Crippen LogP contribution in [-0.2, 0) is 21.2 Å².